The lowest BCUT2D eigenvalue weighted by Crippen LogP contribution is -2.23. The maximum absolute atomic E-state index is 14.0. The molecule has 0 fully saturated rings. The molecule has 1 aliphatic carbocycles. The van der Waals surface area contributed by atoms with Crippen molar-refractivity contribution in [2.45, 2.75) is 44.2 Å². The summed E-state index contributed by atoms with van der Waals surface area (Å²) in [4.78, 5) is 33.7. The van der Waals surface area contributed by atoms with Crippen molar-refractivity contribution in [1.29, 1.82) is 0 Å². The molecule has 2 aromatic carbocycles. The van der Waals surface area contributed by atoms with Crippen molar-refractivity contribution in [3.8, 4) is 11.4 Å². The Labute approximate surface area is 212 Å². The van der Waals surface area contributed by atoms with Gasteiger partial charge in [0.25, 0.3) is 5.56 Å². The highest BCUT2D eigenvalue weighted by Crippen LogP contribution is 2.35. The summed E-state index contributed by atoms with van der Waals surface area (Å²) in [6.45, 7) is 1.99. The van der Waals surface area contributed by atoms with E-state index in [0.29, 0.717) is 16.6 Å². The molecule has 0 bridgehead atoms. The molecule has 0 aliphatic heterocycles. The third-order valence-corrected chi connectivity index (χ3v) is 8.37. The number of ether oxygens (including phenoxy) is 1. The van der Waals surface area contributed by atoms with E-state index < -0.39 is 0 Å². The Balaban J connectivity index is 1.52. The average molecular weight is 506 g/mol. The highest BCUT2D eigenvalue weighted by Gasteiger charge is 2.23. The number of aryl methyl sites for hydroxylation is 3. The van der Waals surface area contributed by atoms with Gasteiger partial charge in [-0.15, -0.1) is 11.3 Å². The lowest BCUT2D eigenvalue weighted by atomic mass is 10.1. The fourth-order valence-electron chi connectivity index (χ4n) is 4.51. The first-order chi connectivity index (χ1) is 17.0. The summed E-state index contributed by atoms with van der Waals surface area (Å²) in [6, 6.07) is 15.1. The van der Waals surface area contributed by atoms with Crippen LogP contribution in [0.3, 0.4) is 0 Å². The number of nitrogens with one attached hydrogen (secondary N) is 1. The van der Waals surface area contributed by atoms with Gasteiger partial charge in [0.05, 0.1) is 23.9 Å². The largest absolute Gasteiger partial charge is 0.497 e. The van der Waals surface area contributed by atoms with Crippen LogP contribution in [-0.4, -0.2) is 28.3 Å². The number of para-hydroxylation sites is 1. The summed E-state index contributed by atoms with van der Waals surface area (Å²) in [6.07, 6.45) is 5.38. The van der Waals surface area contributed by atoms with E-state index in [0.717, 1.165) is 47.2 Å². The predicted octanol–water partition coefficient (Wildman–Crippen LogP) is 5.76. The molecule has 0 radical (unpaired) electrons. The third-order valence-electron chi connectivity index (χ3n) is 6.25. The number of hydrogen-bond acceptors (Lipinski definition) is 6. The molecule has 8 heteroatoms. The van der Waals surface area contributed by atoms with Crippen molar-refractivity contribution < 1.29 is 9.53 Å². The molecule has 0 saturated heterocycles. The number of anilines is 1. The topological polar surface area (TPSA) is 73.2 Å². The molecule has 1 amide bonds. The second-order valence-corrected chi connectivity index (χ2v) is 10.7. The van der Waals surface area contributed by atoms with Crippen LogP contribution in [0.1, 0.15) is 35.3 Å². The Morgan fingerprint density at radius 3 is 2.80 bits per heavy atom. The van der Waals surface area contributed by atoms with Crippen LogP contribution in [0.15, 0.2) is 58.5 Å². The second kappa shape index (κ2) is 10.3. The number of thiophene rings is 1. The number of carbonyl (C=O) groups excluding carboxylic acids is 1. The molecule has 0 unspecified atom stereocenters. The molecule has 5 rings (SSSR count). The number of fused-ring (bicyclic) bond motifs is 3. The van der Waals surface area contributed by atoms with Gasteiger partial charge in [0, 0.05) is 16.6 Å². The zero-order chi connectivity index (χ0) is 24.4. The normalized spacial score (nSPS) is 13.3. The smallest absolute Gasteiger partial charge is 0.267 e. The van der Waals surface area contributed by atoms with Gasteiger partial charge in [-0.1, -0.05) is 42.4 Å². The first-order valence-corrected chi connectivity index (χ1v) is 13.6. The monoisotopic (exact) mass is 505 g/mol. The number of hydrogen-bond donors (Lipinski definition) is 1. The molecule has 4 aromatic rings. The summed E-state index contributed by atoms with van der Waals surface area (Å²) >= 11 is 2.92. The second-order valence-electron chi connectivity index (χ2n) is 8.63. The van der Waals surface area contributed by atoms with Gasteiger partial charge >= 0.3 is 0 Å². The molecule has 0 atom stereocenters. The van der Waals surface area contributed by atoms with Gasteiger partial charge in [-0.25, -0.2) is 4.98 Å². The van der Waals surface area contributed by atoms with Gasteiger partial charge in [-0.2, -0.15) is 0 Å². The number of amides is 1. The summed E-state index contributed by atoms with van der Waals surface area (Å²) in [5.74, 6) is 0.635. The van der Waals surface area contributed by atoms with E-state index in [1.165, 1.54) is 28.6 Å². The number of rotatable bonds is 6. The molecule has 180 valence electrons. The Morgan fingerprint density at radius 2 is 1.97 bits per heavy atom. The van der Waals surface area contributed by atoms with Gasteiger partial charge in [0.1, 0.15) is 10.6 Å². The lowest BCUT2D eigenvalue weighted by Gasteiger charge is -2.14. The summed E-state index contributed by atoms with van der Waals surface area (Å²) in [7, 11) is 1.59. The maximum Gasteiger partial charge on any atom is 0.267 e. The minimum Gasteiger partial charge on any atom is -0.497 e. The van der Waals surface area contributed by atoms with Gasteiger partial charge in [-0.3, -0.25) is 14.2 Å². The predicted molar refractivity (Wildman–Crippen MR) is 144 cm³/mol. The van der Waals surface area contributed by atoms with Crippen LogP contribution in [-0.2, 0) is 17.6 Å². The van der Waals surface area contributed by atoms with Crippen LogP contribution in [0, 0.1) is 6.92 Å². The van der Waals surface area contributed by atoms with E-state index in [9.17, 15) is 9.59 Å². The quantitative estimate of drug-likeness (QED) is 0.205. The molecule has 2 heterocycles. The fourth-order valence-corrected chi connectivity index (χ4v) is 6.62. The zero-order valence-corrected chi connectivity index (χ0v) is 21.4. The number of aromatic nitrogens is 2. The Bertz CT molecular complexity index is 1460. The number of thioether (sulfide) groups is 1. The van der Waals surface area contributed by atoms with Gasteiger partial charge in [0.2, 0.25) is 5.91 Å². The molecule has 0 saturated carbocycles. The molecule has 1 aliphatic rings. The van der Waals surface area contributed by atoms with Crippen LogP contribution >= 0.6 is 23.1 Å². The number of benzene rings is 2. The van der Waals surface area contributed by atoms with Crippen molar-refractivity contribution in [1.82, 2.24) is 9.55 Å². The highest BCUT2D eigenvalue weighted by molar-refractivity contribution is 7.99. The minimum atomic E-state index is -0.170. The SMILES string of the molecule is COc1cccc(NC(=O)CSc2nc3sc4c(c3c(=O)n2-c2ccccc2C)CCCCC4)c1. The van der Waals surface area contributed by atoms with E-state index in [2.05, 4.69) is 5.32 Å². The molecular weight excluding hydrogens is 478 g/mol. The summed E-state index contributed by atoms with van der Waals surface area (Å²) in [5.41, 5.74) is 3.58. The minimum absolute atomic E-state index is 0.0422. The van der Waals surface area contributed by atoms with E-state index in [-0.39, 0.29) is 17.2 Å². The van der Waals surface area contributed by atoms with Crippen LogP contribution in [0.25, 0.3) is 15.9 Å². The van der Waals surface area contributed by atoms with E-state index in [1.54, 1.807) is 29.1 Å². The number of methoxy groups -OCH3 is 1. The summed E-state index contributed by atoms with van der Waals surface area (Å²) < 4.78 is 6.93. The van der Waals surface area contributed by atoms with Gasteiger partial charge in [-0.05, 0) is 61.9 Å². The standard InChI is InChI=1S/C27H27N3O3S2/c1-17-9-6-7-13-21(17)30-26(32)24-20-12-4-3-5-14-22(20)35-25(24)29-27(30)34-16-23(31)28-18-10-8-11-19(15-18)33-2/h6-11,13,15H,3-5,12,14,16H2,1-2H3,(H,28,31). The van der Waals surface area contributed by atoms with Crippen molar-refractivity contribution in [2.24, 2.45) is 0 Å². The Hall–Kier alpha value is -3.10. The summed E-state index contributed by atoms with van der Waals surface area (Å²) in [5, 5.41) is 4.19. The van der Waals surface area contributed by atoms with Crippen LogP contribution in [0.2, 0.25) is 0 Å². The fraction of sp³-hybridized carbons (Fsp3) is 0.296. The van der Waals surface area contributed by atoms with Crippen LogP contribution in [0.4, 0.5) is 5.69 Å². The maximum atomic E-state index is 14.0. The number of nitrogens with zero attached hydrogens (tertiary/aromatic N) is 2. The van der Waals surface area contributed by atoms with Crippen molar-refractivity contribution in [2.75, 3.05) is 18.2 Å². The van der Waals surface area contributed by atoms with E-state index >= 15 is 0 Å². The van der Waals surface area contributed by atoms with Crippen molar-refractivity contribution in [3.05, 3.63) is 74.9 Å². The van der Waals surface area contributed by atoms with Crippen molar-refractivity contribution in [3.63, 3.8) is 0 Å². The van der Waals surface area contributed by atoms with E-state index in [4.69, 9.17) is 9.72 Å². The average Bonchev–Trinajstić information content (AvgIpc) is 3.05. The third kappa shape index (κ3) is 4.86. The van der Waals surface area contributed by atoms with Gasteiger partial charge in [0.15, 0.2) is 5.16 Å². The van der Waals surface area contributed by atoms with Crippen LogP contribution in [0.5, 0.6) is 5.75 Å². The first kappa shape index (κ1) is 23.6. The Morgan fingerprint density at radius 1 is 1.14 bits per heavy atom. The molecular formula is C27H27N3O3S2. The van der Waals surface area contributed by atoms with Crippen LogP contribution < -0.4 is 15.6 Å². The first-order valence-electron chi connectivity index (χ1n) is 11.7. The van der Waals surface area contributed by atoms with Crippen molar-refractivity contribution >= 4 is 44.9 Å². The molecule has 1 N–H and O–H groups in total. The Kier molecular flexibility index (Phi) is 6.92. The van der Waals surface area contributed by atoms with E-state index in [1.807, 2.05) is 49.4 Å². The molecule has 35 heavy (non-hydrogen) atoms. The zero-order valence-electron chi connectivity index (χ0n) is 19.8. The molecule has 2 aromatic heterocycles. The molecule has 6 nitrogen and oxygen atoms in total. The number of carbonyl (C=O) groups is 1. The molecule has 0 spiro atoms. The van der Waals surface area contributed by atoms with Gasteiger partial charge < -0.3 is 10.1 Å². The lowest BCUT2D eigenvalue weighted by molar-refractivity contribution is -0.113. The highest BCUT2D eigenvalue weighted by atomic mass is 32.2.